The summed E-state index contributed by atoms with van der Waals surface area (Å²) in [4.78, 5) is 11.4. The second-order valence-corrected chi connectivity index (χ2v) is 4.95. The summed E-state index contributed by atoms with van der Waals surface area (Å²) in [7, 11) is 1.31. The Morgan fingerprint density at radius 1 is 1.33 bits per heavy atom. The normalized spacial score (nSPS) is 10.4. The van der Waals surface area contributed by atoms with E-state index in [1.54, 1.807) is 24.4 Å². The molecule has 1 heterocycles. The number of carbonyl (C=O) groups is 1. The first kappa shape index (κ1) is 15.5. The maximum atomic E-state index is 13.2. The fraction of sp³-hybridized carbons (Fsp3) is 0.118. The molecule has 0 radical (unpaired) electrons. The quantitative estimate of drug-likeness (QED) is 0.689. The number of halogens is 1. The predicted octanol–water partition coefficient (Wildman–Crippen LogP) is 3.01. The first-order chi connectivity index (χ1) is 11.6. The highest BCUT2D eigenvalue weighted by molar-refractivity contribution is 5.82. The fourth-order valence-corrected chi connectivity index (χ4v) is 2.23. The van der Waals surface area contributed by atoms with Gasteiger partial charge in [-0.3, -0.25) is 9.48 Å². The number of fused-ring (bicyclic) bond motifs is 1. The van der Waals surface area contributed by atoms with E-state index in [-0.39, 0.29) is 17.9 Å². The van der Waals surface area contributed by atoms with E-state index in [9.17, 15) is 9.18 Å². The van der Waals surface area contributed by atoms with Gasteiger partial charge in [0.05, 0.1) is 24.4 Å². The van der Waals surface area contributed by atoms with Gasteiger partial charge in [-0.15, -0.1) is 0 Å². The third-order valence-electron chi connectivity index (χ3n) is 3.41. The van der Waals surface area contributed by atoms with Crippen LogP contribution in [0.5, 0.6) is 11.5 Å². The molecule has 120 valence electrons. The molecular weight excluding hydrogens is 313 g/mol. The molecule has 0 aliphatic rings. The molecule has 0 unspecified atom stereocenters. The molecule has 3 aromatic rings. The van der Waals surface area contributed by atoms with Gasteiger partial charge < -0.3 is 9.47 Å². The molecule has 0 spiro atoms. The van der Waals surface area contributed by atoms with Crippen molar-refractivity contribution in [2.24, 2.45) is 0 Å². The van der Waals surface area contributed by atoms with Crippen molar-refractivity contribution >= 4 is 16.9 Å². The summed E-state index contributed by atoms with van der Waals surface area (Å²) in [6.45, 7) is -0.0244. The summed E-state index contributed by atoms with van der Waals surface area (Å²) in [5.74, 6) is -0.239. The van der Waals surface area contributed by atoms with Crippen molar-refractivity contribution in [3.63, 3.8) is 0 Å². The Hall–Kier alpha value is -3.40. The highest BCUT2D eigenvalue weighted by atomic mass is 19.1. The average molecular weight is 325 g/mol. The van der Waals surface area contributed by atoms with Crippen LogP contribution in [-0.2, 0) is 16.1 Å². The lowest BCUT2D eigenvalue weighted by atomic mass is 10.2. The maximum Gasteiger partial charge on any atom is 0.327 e. The number of esters is 1. The molecular formula is C17H12FN3O3. The summed E-state index contributed by atoms with van der Waals surface area (Å²) in [5, 5.41) is 14.0. The van der Waals surface area contributed by atoms with Crippen LogP contribution in [-0.4, -0.2) is 22.9 Å². The Labute approximate surface area is 136 Å². The Bertz CT molecular complexity index is 959. The summed E-state index contributed by atoms with van der Waals surface area (Å²) in [6.07, 6.45) is 1.63. The molecule has 24 heavy (non-hydrogen) atoms. The highest BCUT2D eigenvalue weighted by Crippen LogP contribution is 2.28. The Morgan fingerprint density at radius 2 is 2.17 bits per heavy atom. The van der Waals surface area contributed by atoms with Crippen molar-refractivity contribution in [3.05, 3.63) is 54.0 Å². The van der Waals surface area contributed by atoms with Gasteiger partial charge in [-0.05, 0) is 30.3 Å². The van der Waals surface area contributed by atoms with Gasteiger partial charge in [0, 0.05) is 11.5 Å². The first-order valence-electron chi connectivity index (χ1n) is 7.00. The van der Waals surface area contributed by atoms with Crippen molar-refractivity contribution in [1.82, 2.24) is 9.78 Å². The Morgan fingerprint density at radius 3 is 2.92 bits per heavy atom. The van der Waals surface area contributed by atoms with E-state index in [2.05, 4.69) is 9.84 Å². The molecule has 0 aliphatic heterocycles. The van der Waals surface area contributed by atoms with Crippen LogP contribution in [0.1, 0.15) is 5.56 Å². The lowest BCUT2D eigenvalue weighted by Gasteiger charge is -2.08. The van der Waals surface area contributed by atoms with E-state index in [1.807, 2.05) is 6.07 Å². The number of nitriles is 1. The molecule has 0 saturated heterocycles. The van der Waals surface area contributed by atoms with Gasteiger partial charge in [0.1, 0.15) is 29.9 Å². The van der Waals surface area contributed by atoms with Crippen LogP contribution in [0, 0.1) is 17.1 Å². The number of aromatic nitrogens is 2. The molecule has 3 rings (SSSR count). The molecule has 0 saturated carbocycles. The smallest absolute Gasteiger partial charge is 0.327 e. The van der Waals surface area contributed by atoms with Gasteiger partial charge in [0.15, 0.2) is 0 Å². The zero-order valence-corrected chi connectivity index (χ0v) is 12.7. The zero-order valence-electron chi connectivity index (χ0n) is 12.7. The molecule has 0 bridgehead atoms. The van der Waals surface area contributed by atoms with Crippen LogP contribution in [0.2, 0.25) is 0 Å². The minimum absolute atomic E-state index is 0.0244. The van der Waals surface area contributed by atoms with E-state index in [0.29, 0.717) is 11.3 Å². The standard InChI is InChI=1S/C17H12FN3O3/c1-23-17(22)10-21-15-7-14(4-2-11(15)9-20-21)24-16-5-3-13(18)6-12(16)8-19/h2-7,9H,10H2,1H3. The van der Waals surface area contributed by atoms with Crippen molar-refractivity contribution in [3.8, 4) is 17.6 Å². The number of rotatable bonds is 4. The lowest BCUT2D eigenvalue weighted by molar-refractivity contribution is -0.141. The average Bonchev–Trinajstić information content (AvgIpc) is 2.98. The molecule has 0 N–H and O–H groups in total. The van der Waals surface area contributed by atoms with Crippen molar-refractivity contribution in [2.75, 3.05) is 7.11 Å². The summed E-state index contributed by atoms with van der Waals surface area (Å²) in [6, 6.07) is 10.8. The van der Waals surface area contributed by atoms with Gasteiger partial charge in [0.25, 0.3) is 0 Å². The predicted molar refractivity (Wildman–Crippen MR) is 82.9 cm³/mol. The highest BCUT2D eigenvalue weighted by Gasteiger charge is 2.11. The number of hydrogen-bond donors (Lipinski definition) is 0. The van der Waals surface area contributed by atoms with Crippen LogP contribution in [0.25, 0.3) is 10.9 Å². The third kappa shape index (κ3) is 3.03. The van der Waals surface area contributed by atoms with Crippen LogP contribution in [0.4, 0.5) is 4.39 Å². The third-order valence-corrected chi connectivity index (χ3v) is 3.41. The SMILES string of the molecule is COC(=O)Cn1ncc2ccc(Oc3ccc(F)cc3C#N)cc21. The van der Waals surface area contributed by atoms with Crippen molar-refractivity contribution < 1.29 is 18.7 Å². The van der Waals surface area contributed by atoms with E-state index in [0.717, 1.165) is 11.5 Å². The molecule has 0 atom stereocenters. The van der Waals surface area contributed by atoms with Crippen molar-refractivity contribution in [2.45, 2.75) is 6.54 Å². The van der Waals surface area contributed by atoms with Crippen LogP contribution < -0.4 is 4.74 Å². The largest absolute Gasteiger partial charge is 0.468 e. The number of ether oxygens (including phenoxy) is 2. The van der Waals surface area contributed by atoms with Crippen LogP contribution in [0.15, 0.2) is 42.6 Å². The van der Waals surface area contributed by atoms with Crippen LogP contribution >= 0.6 is 0 Å². The van der Waals surface area contributed by atoms with Crippen LogP contribution in [0.3, 0.4) is 0 Å². The topological polar surface area (TPSA) is 77.1 Å². The Kier molecular flexibility index (Phi) is 4.12. The minimum Gasteiger partial charge on any atom is -0.468 e. The monoisotopic (exact) mass is 325 g/mol. The molecule has 2 aromatic carbocycles. The van der Waals surface area contributed by atoms with Gasteiger partial charge in [0.2, 0.25) is 0 Å². The summed E-state index contributed by atoms with van der Waals surface area (Å²) in [5.41, 5.74) is 0.775. The van der Waals surface area contributed by atoms with E-state index < -0.39 is 11.8 Å². The summed E-state index contributed by atoms with van der Waals surface area (Å²) < 4.78 is 25.0. The number of methoxy groups -OCH3 is 1. The fourth-order valence-electron chi connectivity index (χ4n) is 2.23. The summed E-state index contributed by atoms with van der Waals surface area (Å²) >= 11 is 0. The second-order valence-electron chi connectivity index (χ2n) is 4.95. The van der Waals surface area contributed by atoms with Gasteiger partial charge in [-0.25, -0.2) is 4.39 Å². The molecule has 6 nitrogen and oxygen atoms in total. The number of nitrogens with zero attached hydrogens (tertiary/aromatic N) is 3. The van der Waals surface area contributed by atoms with Crippen molar-refractivity contribution in [1.29, 1.82) is 5.26 Å². The van der Waals surface area contributed by atoms with Gasteiger partial charge in [-0.1, -0.05) is 0 Å². The zero-order chi connectivity index (χ0) is 17.1. The number of carbonyl (C=O) groups excluding carboxylic acids is 1. The lowest BCUT2D eigenvalue weighted by Crippen LogP contribution is -2.12. The maximum absolute atomic E-state index is 13.2. The molecule has 7 heteroatoms. The first-order valence-corrected chi connectivity index (χ1v) is 7.00. The molecule has 0 amide bonds. The number of hydrogen-bond acceptors (Lipinski definition) is 5. The van der Waals surface area contributed by atoms with Gasteiger partial charge in [-0.2, -0.15) is 10.4 Å². The molecule has 0 fully saturated rings. The van der Waals surface area contributed by atoms with E-state index in [1.165, 1.54) is 23.9 Å². The number of benzene rings is 2. The Balaban J connectivity index is 1.95. The molecule has 1 aromatic heterocycles. The molecule has 0 aliphatic carbocycles. The van der Waals surface area contributed by atoms with E-state index >= 15 is 0 Å². The second kappa shape index (κ2) is 6.38. The van der Waals surface area contributed by atoms with Gasteiger partial charge >= 0.3 is 5.97 Å². The van der Waals surface area contributed by atoms with E-state index in [4.69, 9.17) is 10.00 Å². The minimum atomic E-state index is -0.509.